The Hall–Kier alpha value is -2.25. The number of aliphatic hydroxyl groups excluding tert-OH is 1. The second kappa shape index (κ2) is 12.3. The molecule has 1 aromatic rings. The van der Waals surface area contributed by atoms with Crippen LogP contribution in [0.4, 0.5) is 5.69 Å². The molecule has 0 aliphatic carbocycles. The number of alkyl halides is 1. The van der Waals surface area contributed by atoms with E-state index in [0.717, 1.165) is 13.1 Å². The molecule has 11 nitrogen and oxygen atoms in total. The molecule has 4 fully saturated rings. The van der Waals surface area contributed by atoms with Gasteiger partial charge in [-0.2, -0.15) is 0 Å². The molecule has 220 valence electrons. The standard InChI is InChI=1S/C28H39BrN4O7/c1-3-18(16-34)33-24(26(36)30-9-10-32-11-13-38-14-12-32)28-15-20(29)23(40-28)21(22(28)27(33)37)25(35)31-17-5-7-19(8-6-17)39-4-2/h5-8,18,20-24,34H,3-4,9-16H2,1-2H3,(H,30,36)(H,31,35)/t18-,20?,21-,22-,23-,24?,28?/m0/s1. The molecule has 12 heteroatoms. The third-order valence-electron chi connectivity index (χ3n) is 8.62. The van der Waals surface area contributed by atoms with Crippen LogP contribution in [-0.2, 0) is 23.9 Å². The van der Waals surface area contributed by atoms with Crippen LogP contribution >= 0.6 is 15.9 Å². The van der Waals surface area contributed by atoms with Crippen LogP contribution in [0.3, 0.4) is 0 Å². The lowest BCUT2D eigenvalue weighted by Crippen LogP contribution is -2.58. The van der Waals surface area contributed by atoms with Crippen molar-refractivity contribution in [3.05, 3.63) is 24.3 Å². The highest BCUT2D eigenvalue weighted by molar-refractivity contribution is 9.09. The third kappa shape index (κ3) is 5.24. The average molecular weight is 624 g/mol. The number of carbonyl (C=O) groups excluding carboxylic acids is 3. The van der Waals surface area contributed by atoms with Gasteiger partial charge in [-0.05, 0) is 44.0 Å². The molecule has 4 saturated heterocycles. The molecule has 2 bridgehead atoms. The number of halogens is 1. The predicted octanol–water partition coefficient (Wildman–Crippen LogP) is 0.991. The Balaban J connectivity index is 1.38. The van der Waals surface area contributed by atoms with Gasteiger partial charge in [0.25, 0.3) is 0 Å². The van der Waals surface area contributed by atoms with Crippen molar-refractivity contribution in [3.63, 3.8) is 0 Å². The topological polar surface area (TPSA) is 130 Å². The van der Waals surface area contributed by atoms with Crippen molar-refractivity contribution < 1.29 is 33.7 Å². The number of hydrogen-bond donors (Lipinski definition) is 3. The molecule has 0 aromatic heterocycles. The fourth-order valence-corrected chi connectivity index (χ4v) is 7.70. The number of carbonyl (C=O) groups is 3. The fraction of sp³-hybridized carbons (Fsp3) is 0.679. The highest BCUT2D eigenvalue weighted by atomic mass is 79.9. The summed E-state index contributed by atoms with van der Waals surface area (Å²) in [5.74, 6) is -1.88. The molecule has 3 N–H and O–H groups in total. The smallest absolute Gasteiger partial charge is 0.245 e. The zero-order chi connectivity index (χ0) is 28.4. The molecular weight excluding hydrogens is 584 g/mol. The molecule has 3 unspecified atom stereocenters. The van der Waals surface area contributed by atoms with Crippen LogP contribution in [0.1, 0.15) is 26.7 Å². The molecule has 0 saturated carbocycles. The van der Waals surface area contributed by atoms with E-state index in [2.05, 4.69) is 31.5 Å². The highest BCUT2D eigenvalue weighted by Gasteiger charge is 2.76. The number of nitrogens with zero attached hydrogens (tertiary/aromatic N) is 2. The SMILES string of the molecule is CCOc1ccc(NC(=O)[C@H]2[C@H]3C(=O)N([C@@H](CC)CO)C(C(=O)NCCN4CCOCC4)C34CC(Br)[C@@H]2O4)cc1. The van der Waals surface area contributed by atoms with Crippen molar-refractivity contribution >= 4 is 39.3 Å². The molecular formula is C28H39BrN4O7. The lowest BCUT2D eigenvalue weighted by atomic mass is 9.70. The second-order valence-corrected chi connectivity index (χ2v) is 12.0. The van der Waals surface area contributed by atoms with E-state index in [9.17, 15) is 19.5 Å². The average Bonchev–Trinajstić information content (AvgIpc) is 3.55. The number of likely N-dealkylation sites (tertiary alicyclic amines) is 1. The Bertz CT molecular complexity index is 1080. The van der Waals surface area contributed by atoms with E-state index in [-0.39, 0.29) is 29.2 Å². The van der Waals surface area contributed by atoms with E-state index in [1.807, 2.05) is 13.8 Å². The van der Waals surface area contributed by atoms with Crippen LogP contribution in [-0.4, -0.2) is 114 Å². The zero-order valence-corrected chi connectivity index (χ0v) is 24.6. The molecule has 3 amide bonds. The normalized spacial score (nSPS) is 32.1. The molecule has 5 rings (SSSR count). The van der Waals surface area contributed by atoms with Gasteiger partial charge in [-0.15, -0.1) is 0 Å². The summed E-state index contributed by atoms with van der Waals surface area (Å²) in [6, 6.07) is 5.56. The number of rotatable bonds is 11. The second-order valence-electron chi connectivity index (χ2n) is 10.8. The summed E-state index contributed by atoms with van der Waals surface area (Å²) in [5.41, 5.74) is -0.583. The molecule has 4 aliphatic heterocycles. The largest absolute Gasteiger partial charge is 0.494 e. The zero-order valence-electron chi connectivity index (χ0n) is 23.0. The number of benzene rings is 1. The van der Waals surface area contributed by atoms with Crippen LogP contribution in [0.25, 0.3) is 0 Å². The number of fused-ring (bicyclic) bond motifs is 1. The molecule has 4 aliphatic rings. The summed E-state index contributed by atoms with van der Waals surface area (Å²) in [5, 5.41) is 16.1. The minimum atomic E-state index is -1.16. The Morgan fingerprint density at radius 1 is 1.20 bits per heavy atom. The van der Waals surface area contributed by atoms with Gasteiger partial charge in [0.15, 0.2) is 0 Å². The fourth-order valence-electron chi connectivity index (χ4n) is 6.76. The minimum Gasteiger partial charge on any atom is -0.494 e. The van der Waals surface area contributed by atoms with Crippen LogP contribution in [0.2, 0.25) is 0 Å². The van der Waals surface area contributed by atoms with Gasteiger partial charge in [0.05, 0.1) is 50.4 Å². The first-order chi connectivity index (χ1) is 19.3. The summed E-state index contributed by atoms with van der Waals surface area (Å²) < 4.78 is 17.4. The Morgan fingerprint density at radius 3 is 2.58 bits per heavy atom. The van der Waals surface area contributed by atoms with Gasteiger partial charge in [-0.3, -0.25) is 19.3 Å². The summed E-state index contributed by atoms with van der Waals surface area (Å²) in [7, 11) is 0. The van der Waals surface area contributed by atoms with Crippen LogP contribution in [0.5, 0.6) is 5.75 Å². The maximum atomic E-state index is 14.1. The lowest BCUT2D eigenvalue weighted by Gasteiger charge is -2.36. The number of nitrogens with one attached hydrogen (secondary N) is 2. The molecule has 1 aromatic carbocycles. The quantitative estimate of drug-likeness (QED) is 0.312. The number of ether oxygens (including phenoxy) is 3. The Morgan fingerprint density at radius 2 is 1.93 bits per heavy atom. The van der Waals surface area contributed by atoms with Crippen molar-refractivity contribution in [1.29, 1.82) is 0 Å². The van der Waals surface area contributed by atoms with E-state index in [4.69, 9.17) is 14.2 Å². The number of anilines is 1. The first-order valence-corrected chi connectivity index (χ1v) is 15.1. The van der Waals surface area contributed by atoms with Crippen molar-refractivity contribution in [3.8, 4) is 5.75 Å². The van der Waals surface area contributed by atoms with Crippen molar-refractivity contribution in [2.24, 2.45) is 11.8 Å². The number of aliphatic hydroxyl groups is 1. The number of hydrogen-bond acceptors (Lipinski definition) is 8. The maximum Gasteiger partial charge on any atom is 0.245 e. The van der Waals surface area contributed by atoms with Gasteiger partial charge in [-0.1, -0.05) is 22.9 Å². The minimum absolute atomic E-state index is 0.203. The van der Waals surface area contributed by atoms with E-state index in [1.165, 1.54) is 4.90 Å². The third-order valence-corrected chi connectivity index (χ3v) is 9.46. The van der Waals surface area contributed by atoms with Gasteiger partial charge < -0.3 is 34.9 Å². The molecule has 1 spiro atoms. The number of morpholine rings is 1. The molecule has 7 atom stereocenters. The summed E-state index contributed by atoms with van der Waals surface area (Å²) in [6.45, 7) is 8.05. The van der Waals surface area contributed by atoms with E-state index < -0.39 is 35.6 Å². The molecule has 4 heterocycles. The van der Waals surface area contributed by atoms with Gasteiger partial charge in [0.2, 0.25) is 17.7 Å². The van der Waals surface area contributed by atoms with E-state index >= 15 is 0 Å². The van der Waals surface area contributed by atoms with Gasteiger partial charge >= 0.3 is 0 Å². The van der Waals surface area contributed by atoms with E-state index in [1.54, 1.807) is 24.3 Å². The van der Waals surface area contributed by atoms with Crippen LogP contribution < -0.4 is 15.4 Å². The summed E-state index contributed by atoms with van der Waals surface area (Å²) in [4.78, 5) is 45.1. The van der Waals surface area contributed by atoms with Crippen molar-refractivity contribution in [2.75, 3.05) is 57.9 Å². The van der Waals surface area contributed by atoms with Gasteiger partial charge in [0.1, 0.15) is 17.4 Å². The Kier molecular flexibility index (Phi) is 9.01. The van der Waals surface area contributed by atoms with Crippen molar-refractivity contribution in [2.45, 2.75) is 55.3 Å². The summed E-state index contributed by atoms with van der Waals surface area (Å²) in [6.07, 6.45) is 0.324. The first kappa shape index (κ1) is 29.2. The first-order valence-electron chi connectivity index (χ1n) is 14.2. The predicted molar refractivity (Wildman–Crippen MR) is 150 cm³/mol. The van der Waals surface area contributed by atoms with Gasteiger partial charge in [0, 0.05) is 36.7 Å². The maximum absolute atomic E-state index is 14.1. The van der Waals surface area contributed by atoms with Crippen LogP contribution in [0.15, 0.2) is 24.3 Å². The van der Waals surface area contributed by atoms with Gasteiger partial charge in [-0.25, -0.2) is 0 Å². The summed E-state index contributed by atoms with van der Waals surface area (Å²) >= 11 is 3.69. The Labute approximate surface area is 243 Å². The van der Waals surface area contributed by atoms with E-state index in [0.29, 0.717) is 57.2 Å². The van der Waals surface area contributed by atoms with Crippen molar-refractivity contribution in [1.82, 2.24) is 15.1 Å². The monoisotopic (exact) mass is 622 g/mol. The number of amides is 3. The van der Waals surface area contributed by atoms with Crippen LogP contribution in [0, 0.1) is 11.8 Å². The molecule has 40 heavy (non-hydrogen) atoms. The lowest BCUT2D eigenvalue weighted by molar-refractivity contribution is -0.145. The molecule has 0 radical (unpaired) electrons. The highest BCUT2D eigenvalue weighted by Crippen LogP contribution is 2.60.